The minimum Gasteiger partial charge on any atom is -0.406 e. The molecule has 0 radical (unpaired) electrons. The third kappa shape index (κ3) is 7.17. The van der Waals surface area contributed by atoms with Crippen molar-refractivity contribution in [2.45, 2.75) is 34.1 Å². The highest BCUT2D eigenvalue weighted by Gasteiger charge is 2.31. The van der Waals surface area contributed by atoms with E-state index in [1.165, 1.54) is 23.8 Å². The number of hydrogen-bond donors (Lipinski definition) is 1. The fourth-order valence-corrected chi connectivity index (χ4v) is 5.16. The lowest BCUT2D eigenvalue weighted by Gasteiger charge is -2.13. The molecule has 3 aromatic carbocycles. The molecule has 0 unspecified atom stereocenters. The monoisotopic (exact) mass is 777 g/mol. The molecule has 5 aromatic rings. The Labute approximate surface area is 255 Å². The Morgan fingerprint density at radius 3 is 1.95 bits per heavy atom. The molecule has 202 valence electrons. The minimum atomic E-state index is -4.73. The first kappa shape index (κ1) is 29.5. The Balaban J connectivity index is 0.000000212. The van der Waals surface area contributed by atoms with Crippen LogP contribution in [0.5, 0.6) is 5.75 Å². The first-order valence-corrected chi connectivity index (χ1v) is 14.0. The van der Waals surface area contributed by atoms with Crippen molar-refractivity contribution in [3.63, 3.8) is 0 Å². The van der Waals surface area contributed by atoms with Gasteiger partial charge in [0.2, 0.25) is 0 Å². The summed E-state index contributed by atoms with van der Waals surface area (Å²) in [6, 6.07) is 13.5. The molecule has 0 fully saturated rings. The number of nitrogens with zero attached hydrogens (tertiary/aromatic N) is 4. The molecule has 1 N–H and O–H groups in total. The Bertz CT molecular complexity index is 1700. The normalized spacial score (nSPS) is 11.3. The van der Waals surface area contributed by atoms with Crippen molar-refractivity contribution in [3.8, 4) is 5.75 Å². The molecule has 0 aliphatic rings. The number of fused-ring (bicyclic) bond motifs is 2. The second-order valence-electron chi connectivity index (χ2n) is 8.57. The number of aromatic nitrogens is 4. The molecule has 0 aliphatic carbocycles. The summed E-state index contributed by atoms with van der Waals surface area (Å²) in [5.74, 6) is 1.52. The number of ether oxygens (including phenoxy) is 1. The fraction of sp³-hybridized carbons (Fsp3) is 0.185. The standard InChI is InChI=1S/C17H13F3IN3O.C10H8ClIN2/c1-9-6-7-13-15(14(9)21)22-10(2)23-16(13)24-11-4-3-5-12(8-11)25-17(18,19)20;1-5-3-4-7-9(8(5)12)13-6(2)14-10(7)11/h3-8H,1-2H3,(H,22,23,24);3-4H,1-2H3. The van der Waals surface area contributed by atoms with E-state index in [4.69, 9.17) is 11.6 Å². The molecule has 0 amide bonds. The van der Waals surface area contributed by atoms with Gasteiger partial charge in [0.15, 0.2) is 0 Å². The molecular formula is C27H21ClF3I2N5O. The van der Waals surface area contributed by atoms with E-state index in [0.717, 1.165) is 34.5 Å². The molecular weight excluding hydrogens is 757 g/mol. The van der Waals surface area contributed by atoms with E-state index in [1.54, 1.807) is 13.0 Å². The molecule has 0 atom stereocenters. The quantitative estimate of drug-likeness (QED) is 0.146. The van der Waals surface area contributed by atoms with E-state index >= 15 is 0 Å². The molecule has 2 aromatic heterocycles. The van der Waals surface area contributed by atoms with E-state index in [9.17, 15) is 13.2 Å². The van der Waals surface area contributed by atoms with Gasteiger partial charge in [-0.15, -0.1) is 13.2 Å². The Hall–Kier alpha value is -2.52. The van der Waals surface area contributed by atoms with Crippen molar-refractivity contribution in [3.05, 3.63) is 83.6 Å². The van der Waals surface area contributed by atoms with Gasteiger partial charge in [-0.1, -0.05) is 29.8 Å². The molecule has 0 saturated heterocycles. The highest BCUT2D eigenvalue weighted by atomic mass is 127. The Kier molecular flexibility index (Phi) is 9.01. The molecule has 5 rings (SSSR count). The van der Waals surface area contributed by atoms with E-state index < -0.39 is 6.36 Å². The van der Waals surface area contributed by atoms with Gasteiger partial charge in [-0.05, 0) is 108 Å². The molecule has 0 bridgehead atoms. The van der Waals surface area contributed by atoms with Crippen LogP contribution in [-0.4, -0.2) is 26.3 Å². The average Bonchev–Trinajstić information content (AvgIpc) is 2.84. The maximum atomic E-state index is 12.4. The summed E-state index contributed by atoms with van der Waals surface area (Å²) in [5.41, 5.74) is 4.50. The minimum absolute atomic E-state index is 0.294. The Morgan fingerprint density at radius 1 is 0.769 bits per heavy atom. The zero-order chi connectivity index (χ0) is 28.5. The Morgan fingerprint density at radius 2 is 1.33 bits per heavy atom. The fourth-order valence-electron chi connectivity index (χ4n) is 3.71. The molecule has 0 spiro atoms. The van der Waals surface area contributed by atoms with E-state index in [0.29, 0.717) is 28.3 Å². The summed E-state index contributed by atoms with van der Waals surface area (Å²) in [6.45, 7) is 7.67. The van der Waals surface area contributed by atoms with Crippen LogP contribution in [0.1, 0.15) is 22.8 Å². The number of aryl methyl sites for hydroxylation is 4. The van der Waals surface area contributed by atoms with Crippen molar-refractivity contribution in [1.82, 2.24) is 19.9 Å². The van der Waals surface area contributed by atoms with Crippen molar-refractivity contribution >= 4 is 90.1 Å². The summed E-state index contributed by atoms with van der Waals surface area (Å²) >= 11 is 10.5. The van der Waals surface area contributed by atoms with Gasteiger partial charge in [-0.2, -0.15) is 0 Å². The van der Waals surface area contributed by atoms with Crippen molar-refractivity contribution in [2.24, 2.45) is 0 Å². The zero-order valence-electron chi connectivity index (χ0n) is 21.1. The highest BCUT2D eigenvalue weighted by molar-refractivity contribution is 14.1. The third-order valence-electron chi connectivity index (χ3n) is 5.51. The maximum Gasteiger partial charge on any atom is 0.573 e. The number of rotatable bonds is 3. The summed E-state index contributed by atoms with van der Waals surface area (Å²) < 4.78 is 43.2. The van der Waals surface area contributed by atoms with Crippen LogP contribution in [0.4, 0.5) is 24.7 Å². The van der Waals surface area contributed by atoms with E-state index in [-0.39, 0.29) is 5.75 Å². The highest BCUT2D eigenvalue weighted by Crippen LogP contribution is 2.31. The lowest BCUT2D eigenvalue weighted by Crippen LogP contribution is -2.17. The lowest BCUT2D eigenvalue weighted by molar-refractivity contribution is -0.274. The van der Waals surface area contributed by atoms with Crippen LogP contribution >= 0.6 is 56.8 Å². The van der Waals surface area contributed by atoms with Crippen LogP contribution < -0.4 is 10.1 Å². The van der Waals surface area contributed by atoms with Crippen LogP contribution in [0.25, 0.3) is 21.8 Å². The largest absolute Gasteiger partial charge is 0.573 e. The molecule has 6 nitrogen and oxygen atoms in total. The summed E-state index contributed by atoms with van der Waals surface area (Å²) in [4.78, 5) is 17.4. The van der Waals surface area contributed by atoms with Crippen LogP contribution in [-0.2, 0) is 0 Å². The summed E-state index contributed by atoms with van der Waals surface area (Å²) in [5, 5.41) is 5.31. The van der Waals surface area contributed by atoms with Gasteiger partial charge >= 0.3 is 6.36 Å². The maximum absolute atomic E-state index is 12.4. The SMILES string of the molecule is Cc1nc(Cl)c2ccc(C)c(I)c2n1.Cc1nc(Nc2cccc(OC(F)(F)F)c2)c2ccc(C)c(I)c2n1. The molecule has 39 heavy (non-hydrogen) atoms. The van der Waals surface area contributed by atoms with Gasteiger partial charge in [-0.25, -0.2) is 19.9 Å². The first-order chi connectivity index (χ1) is 18.3. The molecule has 2 heterocycles. The lowest BCUT2D eigenvalue weighted by atomic mass is 10.1. The van der Waals surface area contributed by atoms with Crippen LogP contribution in [0.2, 0.25) is 5.15 Å². The number of anilines is 2. The molecule has 12 heteroatoms. The predicted molar refractivity (Wildman–Crippen MR) is 165 cm³/mol. The van der Waals surface area contributed by atoms with Crippen molar-refractivity contribution in [2.75, 3.05) is 5.32 Å². The van der Waals surface area contributed by atoms with Gasteiger partial charge in [0, 0.05) is 29.7 Å². The van der Waals surface area contributed by atoms with Gasteiger partial charge in [0.1, 0.15) is 28.4 Å². The zero-order valence-corrected chi connectivity index (χ0v) is 26.2. The van der Waals surface area contributed by atoms with E-state index in [2.05, 4.69) is 82.1 Å². The van der Waals surface area contributed by atoms with Gasteiger partial charge in [0.25, 0.3) is 0 Å². The second-order valence-corrected chi connectivity index (χ2v) is 11.1. The first-order valence-electron chi connectivity index (χ1n) is 11.5. The number of alkyl halides is 3. The van der Waals surface area contributed by atoms with Crippen molar-refractivity contribution in [1.29, 1.82) is 0 Å². The molecule has 0 aliphatic heterocycles. The van der Waals surface area contributed by atoms with E-state index in [1.807, 2.05) is 38.1 Å². The molecule has 0 saturated carbocycles. The van der Waals surface area contributed by atoms with Crippen LogP contribution in [0, 0.1) is 34.8 Å². The topological polar surface area (TPSA) is 72.8 Å². The van der Waals surface area contributed by atoms with Crippen LogP contribution in [0.3, 0.4) is 0 Å². The number of benzene rings is 3. The predicted octanol–water partition coefficient (Wildman–Crippen LogP) is 9.00. The third-order valence-corrected chi connectivity index (χ3v) is 8.52. The average molecular weight is 778 g/mol. The van der Waals surface area contributed by atoms with Gasteiger partial charge in [0.05, 0.1) is 11.0 Å². The smallest absolute Gasteiger partial charge is 0.406 e. The summed E-state index contributed by atoms with van der Waals surface area (Å²) in [7, 11) is 0. The number of halogens is 6. The number of nitrogens with one attached hydrogen (secondary N) is 1. The van der Waals surface area contributed by atoms with Crippen LogP contribution in [0.15, 0.2) is 48.5 Å². The second kappa shape index (κ2) is 11.9. The number of hydrogen-bond acceptors (Lipinski definition) is 6. The summed E-state index contributed by atoms with van der Waals surface area (Å²) in [6.07, 6.45) is -4.73. The van der Waals surface area contributed by atoms with Gasteiger partial charge < -0.3 is 10.1 Å². The van der Waals surface area contributed by atoms with Crippen molar-refractivity contribution < 1.29 is 17.9 Å². The van der Waals surface area contributed by atoms with Gasteiger partial charge in [-0.3, -0.25) is 0 Å².